The number of aryl methyl sites for hydroxylation is 2. The normalized spacial score (nSPS) is 13.2. The molecule has 0 saturated heterocycles. The summed E-state index contributed by atoms with van der Waals surface area (Å²) in [5.41, 5.74) is 16.9. The second-order valence-corrected chi connectivity index (χ2v) is 12.6. The number of aromatic amines is 1. The summed E-state index contributed by atoms with van der Waals surface area (Å²) >= 11 is 0. The number of aromatic nitrogens is 3. The van der Waals surface area contributed by atoms with E-state index >= 15 is 0 Å². The molecule has 0 radical (unpaired) electrons. The number of ether oxygens (including phenoxy) is 2. The fourth-order valence-corrected chi connectivity index (χ4v) is 6.24. The van der Waals surface area contributed by atoms with Crippen molar-refractivity contribution in [3.8, 4) is 0 Å². The van der Waals surface area contributed by atoms with E-state index in [1.54, 1.807) is 23.6 Å². The van der Waals surface area contributed by atoms with Crippen LogP contribution in [0.2, 0.25) is 0 Å². The Morgan fingerprint density at radius 2 is 1.92 bits per heavy atom. The van der Waals surface area contributed by atoms with Gasteiger partial charge in [-0.25, -0.2) is 19.0 Å². The number of hydrogen-bond acceptors (Lipinski definition) is 5. The van der Waals surface area contributed by atoms with Crippen molar-refractivity contribution in [1.82, 2.24) is 14.4 Å². The third-order valence-electron chi connectivity index (χ3n) is 8.44. The first-order chi connectivity index (χ1) is 23.0. The smallest absolute Gasteiger partial charge is 0.405 e. The second-order valence-electron chi connectivity index (χ2n) is 12.6. The van der Waals surface area contributed by atoms with Crippen molar-refractivity contribution in [1.29, 1.82) is 0 Å². The topological polar surface area (TPSA) is 112 Å². The lowest BCUT2D eigenvalue weighted by molar-refractivity contribution is 0.0457. The molecule has 8 nitrogen and oxygen atoms in total. The summed E-state index contributed by atoms with van der Waals surface area (Å²) in [4.78, 5) is 32.0. The summed E-state index contributed by atoms with van der Waals surface area (Å²) in [7, 11) is 0. The first-order valence-electron chi connectivity index (χ1n) is 15.8. The number of hydrogen-bond donors (Lipinski definition) is 2. The van der Waals surface area contributed by atoms with Crippen LogP contribution in [-0.4, -0.2) is 38.6 Å². The summed E-state index contributed by atoms with van der Waals surface area (Å²) in [6, 6.07) is 15.1. The molecule has 48 heavy (non-hydrogen) atoms. The van der Waals surface area contributed by atoms with Crippen LogP contribution in [0.1, 0.15) is 65.6 Å². The zero-order valence-corrected chi connectivity index (χ0v) is 27.4. The lowest BCUT2D eigenvalue weighted by Crippen LogP contribution is -2.33. The number of benzene rings is 2. The minimum atomic E-state index is -0.798. The van der Waals surface area contributed by atoms with Crippen molar-refractivity contribution in [3.63, 3.8) is 0 Å². The van der Waals surface area contributed by atoms with Gasteiger partial charge < -0.3 is 20.2 Å². The highest BCUT2D eigenvalue weighted by Gasteiger charge is 2.23. The van der Waals surface area contributed by atoms with E-state index in [1.807, 2.05) is 81.7 Å². The van der Waals surface area contributed by atoms with Crippen LogP contribution in [0.15, 0.2) is 96.7 Å². The number of pyridine rings is 1. The molecule has 0 atom stereocenters. The summed E-state index contributed by atoms with van der Waals surface area (Å²) in [5, 5.41) is 1.07. The summed E-state index contributed by atoms with van der Waals surface area (Å²) < 4.78 is 26.7. The Bertz CT molecular complexity index is 2190. The molecule has 1 aliphatic rings. The molecule has 0 bridgehead atoms. The number of allylic oxidation sites excluding steroid dienone is 5. The Labute approximate surface area is 278 Å². The van der Waals surface area contributed by atoms with Crippen LogP contribution in [0.25, 0.3) is 27.6 Å². The number of fused-ring (bicyclic) bond motifs is 2. The van der Waals surface area contributed by atoms with Crippen molar-refractivity contribution in [2.24, 2.45) is 5.73 Å². The van der Waals surface area contributed by atoms with Gasteiger partial charge >= 0.3 is 12.1 Å². The number of esters is 1. The van der Waals surface area contributed by atoms with Gasteiger partial charge in [0, 0.05) is 35.3 Å². The third kappa shape index (κ3) is 6.87. The number of primary amides is 1. The molecular weight excluding hydrogens is 607 g/mol. The van der Waals surface area contributed by atoms with Crippen molar-refractivity contribution in [3.05, 3.63) is 136 Å². The standard InChI is InChI=1S/C39H37FN4O4/c1-24-8-5-6-10-31(35(24)28-12-13-33(40)25(2)18-28)27-15-16-44-30(20-27)23-43-36(44)37(45)47-17-7-9-29-22-42-34-14-11-26(19-32(29)34)21-39(3,4)48-38(41)46/h5-6,10-16,18-20,22-23,42H,7,9,17,21H2,1-4H3,(H2,41,46). The SMILES string of the molecule is CC1=C=CC=CC(c2ccn3c(C(=O)OCCCc4c[nH]c5ccc(CC(C)(C)OC(N)=O)cc45)ncc3c2)=C1c1ccc(F)c(C)c1. The van der Waals surface area contributed by atoms with Gasteiger partial charge in [-0.2, -0.15) is 0 Å². The zero-order valence-electron chi connectivity index (χ0n) is 27.4. The van der Waals surface area contributed by atoms with Crippen LogP contribution in [0, 0.1) is 12.7 Å². The van der Waals surface area contributed by atoms with Crippen molar-refractivity contribution < 1.29 is 23.5 Å². The molecule has 0 saturated carbocycles. The predicted molar refractivity (Wildman–Crippen MR) is 185 cm³/mol. The van der Waals surface area contributed by atoms with Crippen molar-refractivity contribution in [2.45, 2.75) is 52.6 Å². The first kappa shape index (κ1) is 32.3. The molecule has 5 aromatic rings. The molecular formula is C39H37FN4O4. The van der Waals surface area contributed by atoms with Gasteiger partial charge in [0.25, 0.3) is 0 Å². The van der Waals surface area contributed by atoms with E-state index < -0.39 is 17.7 Å². The average molecular weight is 645 g/mol. The van der Waals surface area contributed by atoms with E-state index in [2.05, 4.69) is 21.8 Å². The van der Waals surface area contributed by atoms with E-state index in [4.69, 9.17) is 15.2 Å². The van der Waals surface area contributed by atoms with Gasteiger partial charge in [-0.05, 0) is 122 Å². The zero-order chi connectivity index (χ0) is 34.0. The van der Waals surface area contributed by atoms with Gasteiger partial charge in [0.05, 0.1) is 18.3 Å². The predicted octanol–water partition coefficient (Wildman–Crippen LogP) is 8.05. The highest BCUT2D eigenvalue weighted by atomic mass is 19.1. The molecule has 3 heterocycles. The Balaban J connectivity index is 1.14. The van der Waals surface area contributed by atoms with E-state index in [0.717, 1.165) is 55.4 Å². The van der Waals surface area contributed by atoms with Crippen LogP contribution >= 0.6 is 0 Å². The van der Waals surface area contributed by atoms with E-state index in [0.29, 0.717) is 24.8 Å². The first-order valence-corrected chi connectivity index (χ1v) is 15.8. The number of amides is 1. The van der Waals surface area contributed by atoms with Gasteiger partial charge in [-0.1, -0.05) is 24.3 Å². The number of nitrogens with zero attached hydrogens (tertiary/aromatic N) is 2. The molecule has 1 amide bonds. The fourth-order valence-electron chi connectivity index (χ4n) is 6.24. The molecule has 9 heteroatoms. The summed E-state index contributed by atoms with van der Waals surface area (Å²) in [6.07, 6.45) is 12.3. The number of nitrogens with two attached hydrogens (primary N) is 1. The molecule has 0 fully saturated rings. The largest absolute Gasteiger partial charge is 0.460 e. The van der Waals surface area contributed by atoms with E-state index in [1.165, 1.54) is 6.07 Å². The number of nitrogens with one attached hydrogen (secondary N) is 1. The summed E-state index contributed by atoms with van der Waals surface area (Å²) in [5.74, 6) is -0.546. The van der Waals surface area contributed by atoms with Crippen LogP contribution in [0.4, 0.5) is 9.18 Å². The molecule has 3 aromatic heterocycles. The van der Waals surface area contributed by atoms with Crippen molar-refractivity contribution >= 4 is 39.6 Å². The molecule has 1 aliphatic carbocycles. The van der Waals surface area contributed by atoms with E-state index in [9.17, 15) is 14.0 Å². The lowest BCUT2D eigenvalue weighted by Gasteiger charge is -2.24. The summed E-state index contributed by atoms with van der Waals surface area (Å²) in [6.45, 7) is 7.63. The maximum atomic E-state index is 14.1. The molecule has 6 rings (SSSR count). The molecule has 2 aromatic carbocycles. The molecule has 0 unspecified atom stereocenters. The Morgan fingerprint density at radius 3 is 2.71 bits per heavy atom. The minimum absolute atomic E-state index is 0.201. The highest BCUT2D eigenvalue weighted by Crippen LogP contribution is 2.35. The minimum Gasteiger partial charge on any atom is -0.460 e. The van der Waals surface area contributed by atoms with Crippen LogP contribution in [-0.2, 0) is 22.3 Å². The van der Waals surface area contributed by atoms with Gasteiger partial charge in [0.2, 0.25) is 5.82 Å². The van der Waals surface area contributed by atoms with Gasteiger partial charge in [0.1, 0.15) is 11.4 Å². The molecule has 0 spiro atoms. The van der Waals surface area contributed by atoms with Gasteiger partial charge in [-0.15, -0.1) is 5.73 Å². The maximum Gasteiger partial charge on any atom is 0.405 e. The molecule has 0 aliphatic heterocycles. The van der Waals surface area contributed by atoms with Gasteiger partial charge in [-0.3, -0.25) is 4.40 Å². The number of halogens is 1. The van der Waals surface area contributed by atoms with Crippen LogP contribution in [0.3, 0.4) is 0 Å². The number of H-pyrrole nitrogens is 1. The quantitative estimate of drug-likeness (QED) is 0.0908. The lowest BCUT2D eigenvalue weighted by atomic mass is 9.90. The number of carbonyl (C=O) groups is 2. The average Bonchev–Trinajstić information content (AvgIpc) is 3.59. The Hall–Kier alpha value is -5.66. The van der Waals surface area contributed by atoms with Crippen molar-refractivity contribution in [2.75, 3.05) is 6.61 Å². The Morgan fingerprint density at radius 1 is 1.08 bits per heavy atom. The van der Waals surface area contributed by atoms with Crippen LogP contribution < -0.4 is 5.73 Å². The highest BCUT2D eigenvalue weighted by molar-refractivity contribution is 6.02. The monoisotopic (exact) mass is 644 g/mol. The molecule has 244 valence electrons. The number of imidazole rings is 1. The number of rotatable bonds is 10. The van der Waals surface area contributed by atoms with Crippen LogP contribution in [0.5, 0.6) is 0 Å². The Kier molecular flexibility index (Phi) is 8.89. The fraction of sp³-hybridized carbons (Fsp3) is 0.231. The van der Waals surface area contributed by atoms with E-state index in [-0.39, 0.29) is 18.2 Å². The molecule has 3 N–H and O–H groups in total. The second kappa shape index (κ2) is 13.2. The maximum absolute atomic E-state index is 14.1. The number of carbonyl (C=O) groups excluding carboxylic acids is 2. The third-order valence-corrected chi connectivity index (χ3v) is 8.44. The van der Waals surface area contributed by atoms with Gasteiger partial charge in [0.15, 0.2) is 0 Å².